The Kier molecular flexibility index (Phi) is 11.7. The molecule has 1 aromatic carbocycles. The standard InChI is InChI=1S/C33H32N4O9P2.Zn/c38-19-45-20-46-27-7-1-21(2-8-27)32-28-9-3-23(34-28)17-25-5-11-30(36-25)33(22(13-15-47(39,40)41)14-16-48(42,43)44)31-12-6-26(37-31)18-24-4-10-29(32)35-24;/h1-12,17-18,22,38H,13-16,19-20H2,(H2,39,40,41)(H2,42,43,44);/q-2;+2. The molecule has 0 spiro atoms. The molecule has 49 heavy (non-hydrogen) atoms. The van der Waals surface area contributed by atoms with E-state index in [0.717, 1.165) is 11.1 Å². The van der Waals surface area contributed by atoms with Crippen molar-refractivity contribution in [1.29, 1.82) is 0 Å². The molecule has 0 radical (unpaired) electrons. The van der Waals surface area contributed by atoms with Gasteiger partial charge in [-0.25, -0.2) is 9.97 Å². The Hall–Kier alpha value is -3.54. The summed E-state index contributed by atoms with van der Waals surface area (Å²) in [5.74, 6) is -0.0916. The van der Waals surface area contributed by atoms with E-state index in [-0.39, 0.29) is 39.1 Å². The predicted molar refractivity (Wildman–Crippen MR) is 182 cm³/mol. The fraction of sp³-hybridized carbons (Fsp3) is 0.212. The van der Waals surface area contributed by atoms with Crippen LogP contribution in [-0.4, -0.2) is 60.6 Å². The molecule has 0 unspecified atom stereocenters. The average Bonchev–Trinajstić information content (AvgIpc) is 3.85. The van der Waals surface area contributed by atoms with Gasteiger partial charge in [0.25, 0.3) is 0 Å². The van der Waals surface area contributed by atoms with Crippen molar-refractivity contribution in [1.82, 2.24) is 19.9 Å². The predicted octanol–water partition coefficient (Wildman–Crippen LogP) is 5.10. The molecule has 0 atom stereocenters. The molecule has 0 aliphatic carbocycles. The van der Waals surface area contributed by atoms with Gasteiger partial charge in [0.2, 0.25) is 0 Å². The minimum absolute atomic E-state index is 0. The van der Waals surface area contributed by atoms with Crippen LogP contribution in [0.2, 0.25) is 0 Å². The minimum Gasteiger partial charge on any atom is -0.657 e. The van der Waals surface area contributed by atoms with Crippen LogP contribution < -0.4 is 14.7 Å². The molecule has 2 aliphatic rings. The first-order chi connectivity index (χ1) is 22.9. The summed E-state index contributed by atoms with van der Waals surface area (Å²) < 4.78 is 34.1. The van der Waals surface area contributed by atoms with Gasteiger partial charge in [-0.1, -0.05) is 48.5 Å². The summed E-state index contributed by atoms with van der Waals surface area (Å²) in [6.07, 6.45) is 6.32. The Morgan fingerprint density at radius 3 is 1.86 bits per heavy atom. The summed E-state index contributed by atoms with van der Waals surface area (Å²) in [6, 6.07) is 18.3. The zero-order valence-corrected chi connectivity index (χ0v) is 30.9. The number of rotatable bonds is 12. The Morgan fingerprint density at radius 1 is 0.714 bits per heavy atom. The molecule has 0 saturated carbocycles. The molecular weight excluding hydrogens is 724 g/mol. The summed E-state index contributed by atoms with van der Waals surface area (Å²) in [5.41, 5.74) is 6.92. The topological polar surface area (TPSA) is 208 Å². The molecule has 0 saturated heterocycles. The van der Waals surface area contributed by atoms with E-state index in [1.165, 1.54) is 0 Å². The van der Waals surface area contributed by atoms with Crippen LogP contribution in [0.4, 0.5) is 0 Å². The van der Waals surface area contributed by atoms with E-state index in [1.807, 2.05) is 36.4 Å². The van der Waals surface area contributed by atoms with E-state index in [2.05, 4.69) is 0 Å². The molecule has 5 heterocycles. The largest absolute Gasteiger partial charge is 2.00 e. The van der Waals surface area contributed by atoms with Crippen LogP contribution in [0.3, 0.4) is 0 Å². The summed E-state index contributed by atoms with van der Waals surface area (Å²) in [5, 5.41) is 8.84. The van der Waals surface area contributed by atoms with E-state index >= 15 is 0 Å². The van der Waals surface area contributed by atoms with Gasteiger partial charge in [-0.2, -0.15) is 0 Å². The van der Waals surface area contributed by atoms with Gasteiger partial charge >= 0.3 is 34.7 Å². The molecule has 8 bridgehead atoms. The fourth-order valence-corrected chi connectivity index (χ4v) is 6.93. The van der Waals surface area contributed by atoms with Gasteiger partial charge in [0.05, 0.1) is 35.1 Å². The number of hydrogen-bond acceptors (Lipinski definition) is 7. The monoisotopic (exact) mass is 754 g/mol. The Morgan fingerprint density at radius 2 is 1.27 bits per heavy atom. The van der Waals surface area contributed by atoms with Crippen LogP contribution in [0.25, 0.3) is 57.5 Å². The van der Waals surface area contributed by atoms with Crippen molar-refractivity contribution in [2.75, 3.05) is 25.9 Å². The Balaban J connectivity index is 0.00000468. The van der Waals surface area contributed by atoms with E-state index in [9.17, 15) is 28.7 Å². The normalized spacial score (nSPS) is 12.8. The maximum atomic E-state index is 11.9. The summed E-state index contributed by atoms with van der Waals surface area (Å²) >= 11 is 0. The van der Waals surface area contributed by atoms with E-state index < -0.39 is 40.2 Å². The number of benzene rings is 1. The first-order valence-corrected chi connectivity index (χ1v) is 18.5. The van der Waals surface area contributed by atoms with Gasteiger partial charge in [-0.05, 0) is 71.9 Å². The van der Waals surface area contributed by atoms with Crippen LogP contribution in [0.15, 0.2) is 60.7 Å². The third-order valence-corrected chi connectivity index (χ3v) is 9.47. The summed E-state index contributed by atoms with van der Waals surface area (Å²) in [7, 11) is -8.82. The van der Waals surface area contributed by atoms with Gasteiger partial charge in [0.15, 0.2) is 6.79 Å². The van der Waals surface area contributed by atoms with Crippen LogP contribution in [0, 0.1) is 0 Å². The van der Waals surface area contributed by atoms with Crippen molar-refractivity contribution < 1.29 is 62.8 Å². The molecule has 0 amide bonds. The number of aliphatic hydroxyl groups is 1. The molecule has 250 valence electrons. The third kappa shape index (κ3) is 9.58. The zero-order valence-electron chi connectivity index (χ0n) is 26.2. The van der Waals surface area contributed by atoms with Gasteiger partial charge < -0.3 is 44.1 Å². The second-order valence-corrected chi connectivity index (χ2v) is 14.8. The Labute approximate surface area is 293 Å². The van der Waals surface area contributed by atoms with Crippen LogP contribution in [-0.2, 0) is 33.3 Å². The number of aliphatic hydroxyl groups excluding tert-OH is 1. The van der Waals surface area contributed by atoms with E-state index in [0.29, 0.717) is 56.2 Å². The SMILES string of the molecule is O=P(O)(O)CCC(CCP(=O)(O)O)c1c2nc(cc3ccc([n-]3)c(-c3ccc(OCOCO)cc3)c3nc(cc4ccc1[n-]4)C=C3)C=C2.[Zn+2]. The van der Waals surface area contributed by atoms with Crippen LogP contribution in [0.5, 0.6) is 5.75 Å². The number of aromatic nitrogens is 4. The first-order valence-electron chi connectivity index (χ1n) is 14.9. The molecule has 16 heteroatoms. The molecule has 13 nitrogen and oxygen atoms in total. The van der Waals surface area contributed by atoms with Crippen molar-refractivity contribution in [3.05, 3.63) is 89.0 Å². The molecular formula is C33H32N4O9P2Zn. The van der Waals surface area contributed by atoms with E-state index in [1.54, 1.807) is 48.6 Å². The van der Waals surface area contributed by atoms with E-state index in [4.69, 9.17) is 34.5 Å². The smallest absolute Gasteiger partial charge is 0.657 e. The van der Waals surface area contributed by atoms with Crippen molar-refractivity contribution in [2.24, 2.45) is 0 Å². The molecule has 2 aliphatic heterocycles. The summed E-state index contributed by atoms with van der Waals surface area (Å²) in [6.45, 7) is -0.531. The summed E-state index contributed by atoms with van der Waals surface area (Å²) in [4.78, 5) is 58.0. The molecule has 5 N–H and O–H groups in total. The maximum absolute atomic E-state index is 11.9. The number of ether oxygens (including phenoxy) is 2. The minimum atomic E-state index is -4.41. The zero-order chi connectivity index (χ0) is 33.9. The molecule has 4 aromatic rings. The number of fused-ring (bicyclic) bond motifs is 8. The van der Waals surface area contributed by atoms with Crippen LogP contribution in [0.1, 0.15) is 47.1 Å². The van der Waals surface area contributed by atoms with Crippen molar-refractivity contribution >= 4 is 61.6 Å². The quantitative estimate of drug-likeness (QED) is 0.0478. The van der Waals surface area contributed by atoms with Crippen molar-refractivity contribution in [2.45, 2.75) is 18.8 Å². The maximum Gasteiger partial charge on any atom is 2.00 e. The van der Waals surface area contributed by atoms with Gasteiger partial charge in [-0.3, -0.25) is 9.13 Å². The number of nitrogens with zero attached hydrogens (tertiary/aromatic N) is 4. The third-order valence-electron chi connectivity index (χ3n) is 7.79. The first kappa shape index (κ1) is 36.7. The van der Waals surface area contributed by atoms with Crippen LogP contribution >= 0.6 is 15.2 Å². The average molecular weight is 756 g/mol. The molecule has 6 rings (SSSR count). The van der Waals surface area contributed by atoms with Crippen molar-refractivity contribution in [3.8, 4) is 16.9 Å². The van der Waals surface area contributed by atoms with Crippen molar-refractivity contribution in [3.63, 3.8) is 0 Å². The van der Waals surface area contributed by atoms with Gasteiger partial charge in [0, 0.05) is 0 Å². The molecule has 0 fully saturated rings. The molecule has 3 aromatic heterocycles. The number of hydrogen-bond donors (Lipinski definition) is 5. The second kappa shape index (κ2) is 15.6. The van der Waals surface area contributed by atoms with Gasteiger partial charge in [0.1, 0.15) is 12.5 Å². The Bertz CT molecular complexity index is 2110. The fourth-order valence-electron chi connectivity index (χ4n) is 5.64. The van der Waals surface area contributed by atoms with Gasteiger partial charge in [-0.15, -0.1) is 22.1 Å². The second-order valence-electron chi connectivity index (χ2n) is 11.3.